The number of pyridine rings is 1. The van der Waals surface area contributed by atoms with Gasteiger partial charge in [0.1, 0.15) is 0 Å². The molecule has 22 heavy (non-hydrogen) atoms. The molecule has 5 heteroatoms. The zero-order valence-corrected chi connectivity index (χ0v) is 13.7. The largest absolute Gasteiger partial charge is 0.298 e. The van der Waals surface area contributed by atoms with E-state index in [4.69, 9.17) is 0 Å². The maximum absolute atomic E-state index is 4.55. The predicted octanol–water partition coefficient (Wildman–Crippen LogP) is 2.20. The highest BCUT2D eigenvalue weighted by Crippen LogP contribution is 2.22. The molecule has 1 aliphatic heterocycles. The van der Waals surface area contributed by atoms with Crippen LogP contribution in [0, 0.1) is 0 Å². The fourth-order valence-corrected chi connectivity index (χ4v) is 2.85. The molecule has 0 bridgehead atoms. The second kappa shape index (κ2) is 6.58. The van der Waals surface area contributed by atoms with Crippen molar-refractivity contribution in [3.8, 4) is 0 Å². The molecule has 1 aliphatic rings. The molecule has 5 nitrogen and oxygen atoms in total. The van der Waals surface area contributed by atoms with Crippen LogP contribution in [0.1, 0.15) is 36.5 Å². The lowest BCUT2D eigenvalue weighted by atomic mass is 10.0. The van der Waals surface area contributed by atoms with Gasteiger partial charge in [0.25, 0.3) is 0 Å². The standard InChI is InChI=1S/C17H25N5/c1-13(2)21(3)11-16-15-7-9-22(12-17(15)20-19-16)10-14-6-4-5-8-18-14/h4-6,8,13H,7,9-12H2,1-3H3,(H,19,20). The zero-order valence-electron chi connectivity index (χ0n) is 13.7. The van der Waals surface area contributed by atoms with E-state index in [1.54, 1.807) is 0 Å². The first-order valence-electron chi connectivity index (χ1n) is 8.01. The van der Waals surface area contributed by atoms with Crippen LogP contribution in [0.3, 0.4) is 0 Å². The predicted molar refractivity (Wildman–Crippen MR) is 87.2 cm³/mol. The normalized spacial score (nSPS) is 15.5. The van der Waals surface area contributed by atoms with E-state index in [-0.39, 0.29) is 0 Å². The lowest BCUT2D eigenvalue weighted by Crippen LogP contribution is -2.31. The van der Waals surface area contributed by atoms with E-state index in [2.05, 4.69) is 51.9 Å². The Morgan fingerprint density at radius 3 is 2.95 bits per heavy atom. The van der Waals surface area contributed by atoms with Gasteiger partial charge in [0.05, 0.1) is 17.1 Å². The molecule has 0 amide bonds. The molecule has 2 aromatic rings. The Bertz CT molecular complexity index is 605. The number of hydrogen-bond donors (Lipinski definition) is 1. The molecule has 0 aromatic carbocycles. The lowest BCUT2D eigenvalue weighted by molar-refractivity contribution is 0.237. The molecule has 3 heterocycles. The minimum Gasteiger partial charge on any atom is -0.298 e. The van der Waals surface area contributed by atoms with Crippen LogP contribution in [0.4, 0.5) is 0 Å². The Morgan fingerprint density at radius 2 is 2.23 bits per heavy atom. The Labute approximate surface area is 132 Å². The van der Waals surface area contributed by atoms with Crippen molar-refractivity contribution in [1.82, 2.24) is 25.0 Å². The summed E-state index contributed by atoms with van der Waals surface area (Å²) in [6.07, 6.45) is 2.93. The van der Waals surface area contributed by atoms with Gasteiger partial charge in [-0.1, -0.05) is 6.07 Å². The topological polar surface area (TPSA) is 48.1 Å². The van der Waals surface area contributed by atoms with E-state index in [1.807, 2.05) is 18.3 Å². The minimum absolute atomic E-state index is 0.539. The van der Waals surface area contributed by atoms with E-state index in [0.717, 1.165) is 38.3 Å². The molecule has 0 saturated heterocycles. The van der Waals surface area contributed by atoms with Crippen LogP contribution >= 0.6 is 0 Å². The maximum atomic E-state index is 4.55. The quantitative estimate of drug-likeness (QED) is 0.919. The average molecular weight is 299 g/mol. The Hall–Kier alpha value is -1.72. The number of aromatic nitrogens is 3. The van der Waals surface area contributed by atoms with Crippen LogP contribution in [-0.4, -0.2) is 44.6 Å². The molecule has 0 fully saturated rings. The molecular weight excluding hydrogens is 274 g/mol. The van der Waals surface area contributed by atoms with Crippen molar-refractivity contribution in [2.24, 2.45) is 0 Å². The van der Waals surface area contributed by atoms with E-state index in [0.29, 0.717) is 6.04 Å². The summed E-state index contributed by atoms with van der Waals surface area (Å²) in [5.74, 6) is 0. The van der Waals surface area contributed by atoms with Crippen LogP contribution in [0.15, 0.2) is 24.4 Å². The first kappa shape index (κ1) is 15.2. The van der Waals surface area contributed by atoms with Gasteiger partial charge in [-0.3, -0.25) is 19.9 Å². The van der Waals surface area contributed by atoms with Crippen molar-refractivity contribution in [3.05, 3.63) is 47.0 Å². The van der Waals surface area contributed by atoms with Crippen LogP contribution in [-0.2, 0) is 26.1 Å². The van der Waals surface area contributed by atoms with Crippen molar-refractivity contribution in [2.75, 3.05) is 13.6 Å². The SMILES string of the molecule is CC(C)N(C)Cc1n[nH]c2c1CCN(Cc1ccccn1)C2. The summed E-state index contributed by atoms with van der Waals surface area (Å²) in [6, 6.07) is 6.64. The van der Waals surface area contributed by atoms with E-state index < -0.39 is 0 Å². The number of rotatable bonds is 5. The fraction of sp³-hybridized carbons (Fsp3) is 0.529. The molecule has 1 N–H and O–H groups in total. The summed E-state index contributed by atoms with van der Waals surface area (Å²) in [6.45, 7) is 8.26. The zero-order chi connectivity index (χ0) is 15.5. The third-order valence-corrected chi connectivity index (χ3v) is 4.49. The van der Waals surface area contributed by atoms with Crippen LogP contribution in [0.2, 0.25) is 0 Å². The summed E-state index contributed by atoms with van der Waals surface area (Å²) in [7, 11) is 2.15. The third kappa shape index (κ3) is 3.36. The first-order valence-corrected chi connectivity index (χ1v) is 8.01. The Kier molecular flexibility index (Phi) is 4.55. The van der Waals surface area contributed by atoms with Crippen LogP contribution in [0.25, 0.3) is 0 Å². The van der Waals surface area contributed by atoms with E-state index in [1.165, 1.54) is 17.0 Å². The molecule has 2 aromatic heterocycles. The summed E-state index contributed by atoms with van der Waals surface area (Å²) in [5, 5.41) is 7.80. The van der Waals surface area contributed by atoms with E-state index in [9.17, 15) is 0 Å². The van der Waals surface area contributed by atoms with Gasteiger partial charge in [-0.05, 0) is 39.4 Å². The Morgan fingerprint density at radius 1 is 1.36 bits per heavy atom. The second-order valence-corrected chi connectivity index (χ2v) is 6.42. The van der Waals surface area contributed by atoms with Gasteiger partial charge >= 0.3 is 0 Å². The molecule has 118 valence electrons. The van der Waals surface area contributed by atoms with Gasteiger partial charge in [-0.2, -0.15) is 5.10 Å². The van der Waals surface area contributed by atoms with Gasteiger partial charge in [0.2, 0.25) is 0 Å². The Balaban J connectivity index is 1.66. The monoisotopic (exact) mass is 299 g/mol. The smallest absolute Gasteiger partial charge is 0.0798 e. The van der Waals surface area contributed by atoms with Gasteiger partial charge in [0, 0.05) is 44.0 Å². The number of aromatic amines is 1. The number of hydrogen-bond acceptors (Lipinski definition) is 4. The molecule has 0 unspecified atom stereocenters. The molecule has 0 aliphatic carbocycles. The van der Waals surface area contributed by atoms with E-state index >= 15 is 0 Å². The van der Waals surface area contributed by atoms with Crippen molar-refractivity contribution in [2.45, 2.75) is 45.9 Å². The second-order valence-electron chi connectivity index (χ2n) is 6.42. The number of nitrogens with zero attached hydrogens (tertiary/aromatic N) is 4. The maximum Gasteiger partial charge on any atom is 0.0798 e. The van der Waals surface area contributed by atoms with Crippen molar-refractivity contribution >= 4 is 0 Å². The highest BCUT2D eigenvalue weighted by molar-refractivity contribution is 5.28. The number of fused-ring (bicyclic) bond motifs is 1. The summed E-state index contributed by atoms with van der Waals surface area (Å²) in [4.78, 5) is 9.18. The van der Waals surface area contributed by atoms with Gasteiger partial charge < -0.3 is 0 Å². The molecule has 0 radical (unpaired) electrons. The van der Waals surface area contributed by atoms with Gasteiger partial charge in [0.15, 0.2) is 0 Å². The number of H-pyrrole nitrogens is 1. The molecule has 3 rings (SSSR count). The lowest BCUT2D eigenvalue weighted by Gasteiger charge is -2.27. The number of nitrogens with one attached hydrogen (secondary N) is 1. The minimum atomic E-state index is 0.539. The average Bonchev–Trinajstić information content (AvgIpc) is 2.90. The third-order valence-electron chi connectivity index (χ3n) is 4.49. The molecule has 0 spiro atoms. The van der Waals surface area contributed by atoms with Crippen molar-refractivity contribution < 1.29 is 0 Å². The van der Waals surface area contributed by atoms with Crippen LogP contribution in [0.5, 0.6) is 0 Å². The molecule has 0 atom stereocenters. The first-order chi connectivity index (χ1) is 10.6. The summed E-state index contributed by atoms with van der Waals surface area (Å²) < 4.78 is 0. The van der Waals surface area contributed by atoms with Gasteiger partial charge in [-0.15, -0.1) is 0 Å². The van der Waals surface area contributed by atoms with Crippen LogP contribution < -0.4 is 0 Å². The van der Waals surface area contributed by atoms with Gasteiger partial charge in [-0.25, -0.2) is 0 Å². The summed E-state index contributed by atoms with van der Waals surface area (Å²) in [5.41, 5.74) is 5.04. The summed E-state index contributed by atoms with van der Waals surface area (Å²) >= 11 is 0. The highest BCUT2D eigenvalue weighted by atomic mass is 15.2. The highest BCUT2D eigenvalue weighted by Gasteiger charge is 2.22. The fourth-order valence-electron chi connectivity index (χ4n) is 2.85. The van der Waals surface area contributed by atoms with Crippen molar-refractivity contribution in [3.63, 3.8) is 0 Å². The van der Waals surface area contributed by atoms with Crippen molar-refractivity contribution in [1.29, 1.82) is 0 Å². The molecule has 0 saturated carbocycles. The molecular formula is C17H25N5.